The molecule has 1 saturated heterocycles. The molecule has 3 rings (SSSR count). The number of hydrogen-bond acceptors (Lipinski definition) is 4. The second-order valence-electron chi connectivity index (χ2n) is 5.51. The molecule has 0 unspecified atom stereocenters. The van der Waals surface area contributed by atoms with Gasteiger partial charge in [0.25, 0.3) is 0 Å². The number of benzene rings is 1. The fourth-order valence-electron chi connectivity index (χ4n) is 2.59. The summed E-state index contributed by atoms with van der Waals surface area (Å²) in [5.41, 5.74) is 1.01. The number of ether oxygens (including phenoxy) is 1. The summed E-state index contributed by atoms with van der Waals surface area (Å²) in [6.45, 7) is 0.784. The first-order valence-corrected chi connectivity index (χ1v) is 8.88. The van der Waals surface area contributed by atoms with Gasteiger partial charge in [-0.3, -0.25) is 4.68 Å². The molecule has 0 amide bonds. The van der Waals surface area contributed by atoms with Gasteiger partial charge in [0.05, 0.1) is 24.7 Å². The van der Waals surface area contributed by atoms with Crippen molar-refractivity contribution < 1.29 is 17.5 Å². The van der Waals surface area contributed by atoms with Gasteiger partial charge in [-0.1, -0.05) is 18.2 Å². The van der Waals surface area contributed by atoms with Crippen LogP contribution in [0.4, 0.5) is 4.39 Å². The van der Waals surface area contributed by atoms with Crippen molar-refractivity contribution >= 4 is 10.0 Å². The monoisotopic (exact) mass is 339 g/mol. The molecule has 1 fully saturated rings. The number of morpholine rings is 1. The lowest BCUT2D eigenvalue weighted by Crippen LogP contribution is -2.42. The highest BCUT2D eigenvalue weighted by Gasteiger charge is 2.31. The predicted molar refractivity (Wildman–Crippen MR) is 82.5 cm³/mol. The Balaban J connectivity index is 1.76. The van der Waals surface area contributed by atoms with Gasteiger partial charge in [0.1, 0.15) is 5.82 Å². The van der Waals surface area contributed by atoms with Crippen molar-refractivity contribution in [1.82, 2.24) is 14.1 Å². The zero-order chi connectivity index (χ0) is 16.4. The summed E-state index contributed by atoms with van der Waals surface area (Å²) in [6.07, 6.45) is 3.11. The summed E-state index contributed by atoms with van der Waals surface area (Å²) >= 11 is 0. The van der Waals surface area contributed by atoms with Gasteiger partial charge < -0.3 is 4.74 Å². The Labute approximate surface area is 134 Å². The highest BCUT2D eigenvalue weighted by Crippen LogP contribution is 2.25. The molecule has 0 aliphatic carbocycles. The SMILES string of the molecule is Cn1cc([C@H]2CN(S(=O)(=O)Cc3ccccc3F)CCO2)cn1. The lowest BCUT2D eigenvalue weighted by molar-refractivity contribution is -0.00264. The van der Waals surface area contributed by atoms with Gasteiger partial charge in [-0.15, -0.1) is 0 Å². The lowest BCUT2D eigenvalue weighted by atomic mass is 10.2. The summed E-state index contributed by atoms with van der Waals surface area (Å²) in [6, 6.07) is 5.93. The highest BCUT2D eigenvalue weighted by molar-refractivity contribution is 7.88. The largest absolute Gasteiger partial charge is 0.371 e. The van der Waals surface area contributed by atoms with Crippen LogP contribution in [0.15, 0.2) is 36.7 Å². The normalized spacial score (nSPS) is 19.8. The number of rotatable bonds is 4. The van der Waals surface area contributed by atoms with E-state index in [1.807, 2.05) is 0 Å². The van der Waals surface area contributed by atoms with Crippen LogP contribution in [-0.2, 0) is 27.6 Å². The predicted octanol–water partition coefficient (Wildman–Crippen LogP) is 1.46. The molecular formula is C15H18FN3O3S. The molecule has 1 aromatic heterocycles. The molecule has 1 aliphatic heterocycles. The van der Waals surface area contributed by atoms with Crippen molar-refractivity contribution in [1.29, 1.82) is 0 Å². The molecule has 1 atom stereocenters. The third-order valence-electron chi connectivity index (χ3n) is 3.81. The van der Waals surface area contributed by atoms with Crippen molar-refractivity contribution in [3.63, 3.8) is 0 Å². The zero-order valence-electron chi connectivity index (χ0n) is 12.7. The van der Waals surface area contributed by atoms with Crippen LogP contribution in [0.25, 0.3) is 0 Å². The van der Waals surface area contributed by atoms with E-state index in [0.29, 0.717) is 6.61 Å². The molecule has 0 N–H and O–H groups in total. The van der Waals surface area contributed by atoms with E-state index in [-0.39, 0.29) is 30.5 Å². The minimum atomic E-state index is -3.61. The van der Waals surface area contributed by atoms with Crippen molar-refractivity contribution in [2.24, 2.45) is 7.05 Å². The maximum atomic E-state index is 13.7. The van der Waals surface area contributed by atoms with Gasteiger partial charge in [0.15, 0.2) is 0 Å². The van der Waals surface area contributed by atoms with Crippen molar-refractivity contribution in [3.05, 3.63) is 53.6 Å². The van der Waals surface area contributed by atoms with Crippen LogP contribution in [-0.4, -0.2) is 42.2 Å². The molecule has 0 saturated carbocycles. The Kier molecular flexibility index (Phi) is 4.47. The summed E-state index contributed by atoms with van der Waals surface area (Å²) in [5, 5.41) is 4.08. The first-order valence-electron chi connectivity index (χ1n) is 7.27. The Hall–Kier alpha value is -1.77. The topological polar surface area (TPSA) is 64.4 Å². The molecule has 0 spiro atoms. The quantitative estimate of drug-likeness (QED) is 0.846. The van der Waals surface area contributed by atoms with Crippen LogP contribution < -0.4 is 0 Å². The summed E-state index contributed by atoms with van der Waals surface area (Å²) < 4.78 is 47.5. The number of aryl methyl sites for hydroxylation is 1. The van der Waals surface area contributed by atoms with Gasteiger partial charge in [-0.05, 0) is 6.07 Å². The molecular weight excluding hydrogens is 321 g/mol. The van der Waals surface area contributed by atoms with Gasteiger partial charge in [-0.2, -0.15) is 9.40 Å². The fourth-order valence-corrected chi connectivity index (χ4v) is 4.11. The minimum Gasteiger partial charge on any atom is -0.371 e. The highest BCUT2D eigenvalue weighted by atomic mass is 32.2. The molecule has 2 heterocycles. The van der Waals surface area contributed by atoms with E-state index >= 15 is 0 Å². The molecule has 1 aliphatic rings. The first-order chi connectivity index (χ1) is 11.0. The van der Waals surface area contributed by atoms with E-state index in [9.17, 15) is 12.8 Å². The van der Waals surface area contributed by atoms with E-state index in [0.717, 1.165) is 5.56 Å². The van der Waals surface area contributed by atoms with E-state index in [2.05, 4.69) is 5.10 Å². The van der Waals surface area contributed by atoms with Crippen molar-refractivity contribution in [3.8, 4) is 0 Å². The lowest BCUT2D eigenvalue weighted by Gasteiger charge is -2.31. The molecule has 8 heteroatoms. The van der Waals surface area contributed by atoms with E-state index in [1.54, 1.807) is 36.3 Å². The average Bonchev–Trinajstić information content (AvgIpc) is 2.96. The Bertz CT molecular complexity index is 791. The summed E-state index contributed by atoms with van der Waals surface area (Å²) in [4.78, 5) is 0. The number of halogens is 1. The number of hydrogen-bond donors (Lipinski definition) is 0. The summed E-state index contributed by atoms with van der Waals surface area (Å²) in [5.74, 6) is -0.854. The second-order valence-corrected chi connectivity index (χ2v) is 7.48. The third kappa shape index (κ3) is 3.60. The van der Waals surface area contributed by atoms with Crippen LogP contribution in [0.1, 0.15) is 17.2 Å². The number of nitrogens with zero attached hydrogens (tertiary/aromatic N) is 3. The fraction of sp³-hybridized carbons (Fsp3) is 0.400. The Morgan fingerprint density at radius 2 is 2.17 bits per heavy atom. The molecule has 0 radical (unpaired) electrons. The van der Waals surface area contributed by atoms with Crippen LogP contribution >= 0.6 is 0 Å². The van der Waals surface area contributed by atoms with Crippen LogP contribution in [0, 0.1) is 5.82 Å². The molecule has 0 bridgehead atoms. The summed E-state index contributed by atoms with van der Waals surface area (Å²) in [7, 11) is -1.82. The Morgan fingerprint density at radius 3 is 2.87 bits per heavy atom. The molecule has 2 aromatic rings. The van der Waals surface area contributed by atoms with Gasteiger partial charge in [0.2, 0.25) is 10.0 Å². The van der Waals surface area contributed by atoms with E-state index in [1.165, 1.54) is 16.4 Å². The van der Waals surface area contributed by atoms with Crippen molar-refractivity contribution in [2.75, 3.05) is 19.7 Å². The van der Waals surface area contributed by atoms with Crippen LogP contribution in [0.5, 0.6) is 0 Å². The molecule has 1 aromatic carbocycles. The van der Waals surface area contributed by atoms with Crippen molar-refractivity contribution in [2.45, 2.75) is 11.9 Å². The number of aromatic nitrogens is 2. The average molecular weight is 339 g/mol. The Morgan fingerprint density at radius 1 is 1.39 bits per heavy atom. The maximum Gasteiger partial charge on any atom is 0.218 e. The maximum absolute atomic E-state index is 13.7. The smallest absolute Gasteiger partial charge is 0.218 e. The second kappa shape index (κ2) is 6.38. The van der Waals surface area contributed by atoms with E-state index in [4.69, 9.17) is 4.74 Å². The molecule has 6 nitrogen and oxygen atoms in total. The standard InChI is InChI=1S/C15H18FN3O3S/c1-18-9-13(8-17-18)15-10-19(6-7-22-15)23(20,21)11-12-4-2-3-5-14(12)16/h2-5,8-9,15H,6-7,10-11H2,1H3/t15-/m1/s1. The number of sulfonamides is 1. The van der Waals surface area contributed by atoms with Gasteiger partial charge >= 0.3 is 0 Å². The molecule has 23 heavy (non-hydrogen) atoms. The first kappa shape index (κ1) is 16.1. The van der Waals surface area contributed by atoms with Gasteiger partial charge in [0, 0.05) is 37.5 Å². The van der Waals surface area contributed by atoms with E-state index < -0.39 is 15.8 Å². The minimum absolute atomic E-state index is 0.178. The van der Waals surface area contributed by atoms with Crippen LogP contribution in [0.3, 0.4) is 0 Å². The van der Waals surface area contributed by atoms with Crippen LogP contribution in [0.2, 0.25) is 0 Å². The zero-order valence-corrected chi connectivity index (χ0v) is 13.5. The van der Waals surface area contributed by atoms with Gasteiger partial charge in [-0.25, -0.2) is 12.8 Å². The third-order valence-corrected chi connectivity index (χ3v) is 5.61. The molecule has 124 valence electrons.